The molecule has 0 unspecified atom stereocenters. The van der Waals surface area contributed by atoms with Crippen molar-refractivity contribution in [3.05, 3.63) is 6.33 Å². The Hall–Kier alpha value is -1.08. The Balaban J connectivity index is 3.09. The Morgan fingerprint density at radius 1 is 1.47 bits per heavy atom. The predicted molar refractivity (Wildman–Crippen MR) is 67.0 cm³/mol. The zero-order chi connectivity index (χ0) is 13.1. The molecule has 0 aliphatic carbocycles. The second-order valence-corrected chi connectivity index (χ2v) is 5.75. The molecule has 0 bridgehead atoms. The van der Waals surface area contributed by atoms with Gasteiger partial charge >= 0.3 is 0 Å². The van der Waals surface area contributed by atoms with Gasteiger partial charge in [0.2, 0.25) is 0 Å². The van der Waals surface area contributed by atoms with Crippen LogP contribution in [0, 0.1) is 0 Å². The van der Waals surface area contributed by atoms with E-state index < -0.39 is 10.0 Å². The van der Waals surface area contributed by atoms with E-state index in [2.05, 4.69) is 4.98 Å². The van der Waals surface area contributed by atoms with Crippen molar-refractivity contribution >= 4 is 15.8 Å². The van der Waals surface area contributed by atoms with Crippen LogP contribution in [0.4, 0.5) is 5.82 Å². The Kier molecular flexibility index (Phi) is 4.53. The van der Waals surface area contributed by atoms with Gasteiger partial charge in [-0.3, -0.25) is 0 Å². The van der Waals surface area contributed by atoms with Crippen LogP contribution in [0.25, 0.3) is 0 Å². The molecule has 0 spiro atoms. The van der Waals surface area contributed by atoms with E-state index in [1.54, 1.807) is 7.05 Å². The first-order chi connectivity index (χ1) is 7.95. The Bertz CT molecular complexity index is 447. The van der Waals surface area contributed by atoms with E-state index in [1.165, 1.54) is 15.2 Å². The van der Waals surface area contributed by atoms with Crippen LogP contribution in [0.1, 0.15) is 26.7 Å². The molecule has 2 N–H and O–H groups in total. The van der Waals surface area contributed by atoms with E-state index in [0.717, 1.165) is 12.8 Å². The lowest BCUT2D eigenvalue weighted by atomic mass is 10.3. The van der Waals surface area contributed by atoms with Crippen molar-refractivity contribution in [3.8, 4) is 0 Å². The standard InChI is InChI=1S/C10H20N4O2S/c1-4-6-7-14(5-2)17(15,16)10-9(11)12-8-13(10)3/h8H,4-7,11H2,1-3H3. The summed E-state index contributed by atoms with van der Waals surface area (Å²) >= 11 is 0. The minimum absolute atomic E-state index is 0.0578. The van der Waals surface area contributed by atoms with Crippen molar-refractivity contribution in [2.45, 2.75) is 31.7 Å². The minimum Gasteiger partial charge on any atom is -0.381 e. The van der Waals surface area contributed by atoms with E-state index in [-0.39, 0.29) is 10.8 Å². The smallest absolute Gasteiger partial charge is 0.262 e. The maximum Gasteiger partial charge on any atom is 0.262 e. The normalized spacial score (nSPS) is 12.2. The average Bonchev–Trinajstić information content (AvgIpc) is 2.59. The van der Waals surface area contributed by atoms with Gasteiger partial charge in [-0.1, -0.05) is 20.3 Å². The number of nitrogen functional groups attached to an aromatic ring is 1. The summed E-state index contributed by atoms with van der Waals surface area (Å²) < 4.78 is 27.6. The monoisotopic (exact) mass is 260 g/mol. The van der Waals surface area contributed by atoms with Gasteiger partial charge in [0.25, 0.3) is 10.0 Å². The van der Waals surface area contributed by atoms with Gasteiger partial charge in [0.05, 0.1) is 6.33 Å². The van der Waals surface area contributed by atoms with E-state index in [1.807, 2.05) is 13.8 Å². The lowest BCUT2D eigenvalue weighted by molar-refractivity contribution is 0.415. The summed E-state index contributed by atoms with van der Waals surface area (Å²) in [5, 5.41) is 0.0791. The fourth-order valence-electron chi connectivity index (χ4n) is 1.66. The van der Waals surface area contributed by atoms with Gasteiger partial charge in [0.15, 0.2) is 10.8 Å². The number of hydrogen-bond donors (Lipinski definition) is 1. The third-order valence-corrected chi connectivity index (χ3v) is 4.71. The highest BCUT2D eigenvalue weighted by atomic mass is 32.2. The molecule has 1 heterocycles. The molecule has 0 amide bonds. The summed E-state index contributed by atoms with van der Waals surface area (Å²) in [6, 6.07) is 0. The molecular formula is C10H20N4O2S. The van der Waals surface area contributed by atoms with E-state index >= 15 is 0 Å². The van der Waals surface area contributed by atoms with Gasteiger partial charge in [0.1, 0.15) is 0 Å². The van der Waals surface area contributed by atoms with Gasteiger partial charge in [-0.25, -0.2) is 13.4 Å². The SMILES string of the molecule is CCCCN(CC)S(=O)(=O)c1c(N)ncn1C. The van der Waals surface area contributed by atoms with Crippen molar-refractivity contribution in [3.63, 3.8) is 0 Å². The zero-order valence-corrected chi connectivity index (χ0v) is 11.4. The minimum atomic E-state index is -3.53. The molecule has 6 nitrogen and oxygen atoms in total. The topological polar surface area (TPSA) is 81.2 Å². The highest BCUT2D eigenvalue weighted by molar-refractivity contribution is 7.89. The van der Waals surface area contributed by atoms with Crippen LogP contribution in [0.5, 0.6) is 0 Å². The molecule has 0 radical (unpaired) electrons. The average molecular weight is 260 g/mol. The summed E-state index contributed by atoms with van der Waals surface area (Å²) in [6.45, 7) is 4.80. The molecule has 0 aromatic carbocycles. The third kappa shape index (κ3) is 2.78. The number of sulfonamides is 1. The number of unbranched alkanes of at least 4 members (excludes halogenated alkanes) is 1. The zero-order valence-electron chi connectivity index (χ0n) is 10.5. The molecule has 0 aliphatic heterocycles. The van der Waals surface area contributed by atoms with Crippen LogP contribution >= 0.6 is 0 Å². The lowest BCUT2D eigenvalue weighted by Gasteiger charge is -2.20. The van der Waals surface area contributed by atoms with Gasteiger partial charge in [-0.2, -0.15) is 4.31 Å². The van der Waals surface area contributed by atoms with Crippen molar-refractivity contribution in [2.24, 2.45) is 7.05 Å². The number of aryl methyl sites for hydroxylation is 1. The summed E-state index contributed by atoms with van der Waals surface area (Å²) in [5.74, 6) is 0.0578. The fraction of sp³-hybridized carbons (Fsp3) is 0.700. The van der Waals surface area contributed by atoms with Gasteiger partial charge in [-0.15, -0.1) is 0 Å². The fourth-order valence-corrected chi connectivity index (χ4v) is 3.34. The van der Waals surface area contributed by atoms with Crippen LogP contribution in [-0.2, 0) is 17.1 Å². The summed E-state index contributed by atoms with van der Waals surface area (Å²) in [4.78, 5) is 3.81. The molecule has 0 atom stereocenters. The second-order valence-electron chi connectivity index (χ2n) is 3.90. The first kappa shape index (κ1) is 14.0. The summed E-state index contributed by atoms with van der Waals surface area (Å²) in [6.07, 6.45) is 3.20. The summed E-state index contributed by atoms with van der Waals surface area (Å²) in [5.41, 5.74) is 5.61. The molecule has 17 heavy (non-hydrogen) atoms. The van der Waals surface area contributed by atoms with Gasteiger partial charge < -0.3 is 10.3 Å². The van der Waals surface area contributed by atoms with Gasteiger partial charge in [0, 0.05) is 20.1 Å². The van der Waals surface area contributed by atoms with Crippen LogP contribution in [0.2, 0.25) is 0 Å². The molecule has 1 rings (SSSR count). The second kappa shape index (κ2) is 5.50. The van der Waals surface area contributed by atoms with E-state index in [4.69, 9.17) is 5.73 Å². The number of hydrogen-bond acceptors (Lipinski definition) is 4. The van der Waals surface area contributed by atoms with Crippen LogP contribution in [0.3, 0.4) is 0 Å². The maximum atomic E-state index is 12.4. The molecule has 98 valence electrons. The molecule has 0 saturated heterocycles. The first-order valence-electron chi connectivity index (χ1n) is 5.72. The Morgan fingerprint density at radius 2 is 2.12 bits per heavy atom. The number of aromatic nitrogens is 2. The number of imidazole rings is 1. The predicted octanol–water partition coefficient (Wildman–Crippen LogP) is 0.813. The molecule has 7 heteroatoms. The van der Waals surface area contributed by atoms with Crippen molar-refractivity contribution in [1.29, 1.82) is 0 Å². The summed E-state index contributed by atoms with van der Waals surface area (Å²) in [7, 11) is -1.90. The molecule has 1 aromatic rings. The molecular weight excluding hydrogens is 240 g/mol. The van der Waals surface area contributed by atoms with Crippen molar-refractivity contribution in [1.82, 2.24) is 13.9 Å². The molecule has 0 fully saturated rings. The Labute approximate surface area is 102 Å². The molecule has 0 saturated carbocycles. The quantitative estimate of drug-likeness (QED) is 0.820. The highest BCUT2D eigenvalue weighted by Gasteiger charge is 2.28. The molecule has 1 aromatic heterocycles. The van der Waals surface area contributed by atoms with Gasteiger partial charge in [-0.05, 0) is 6.42 Å². The van der Waals surface area contributed by atoms with Crippen molar-refractivity contribution in [2.75, 3.05) is 18.8 Å². The highest BCUT2D eigenvalue weighted by Crippen LogP contribution is 2.20. The molecule has 0 aliphatic rings. The van der Waals surface area contributed by atoms with Crippen LogP contribution < -0.4 is 5.73 Å². The largest absolute Gasteiger partial charge is 0.381 e. The van der Waals surface area contributed by atoms with E-state index in [0.29, 0.717) is 13.1 Å². The number of anilines is 1. The first-order valence-corrected chi connectivity index (χ1v) is 7.16. The van der Waals surface area contributed by atoms with Crippen molar-refractivity contribution < 1.29 is 8.42 Å². The number of nitrogens with zero attached hydrogens (tertiary/aromatic N) is 3. The number of nitrogens with two attached hydrogens (primary N) is 1. The third-order valence-electron chi connectivity index (χ3n) is 2.61. The van der Waals surface area contributed by atoms with Crippen LogP contribution in [-0.4, -0.2) is 35.4 Å². The lowest BCUT2D eigenvalue weighted by Crippen LogP contribution is -2.33. The maximum absolute atomic E-state index is 12.4. The van der Waals surface area contributed by atoms with E-state index in [9.17, 15) is 8.42 Å². The Morgan fingerprint density at radius 3 is 2.53 bits per heavy atom. The number of rotatable bonds is 6. The van der Waals surface area contributed by atoms with Crippen LogP contribution in [0.15, 0.2) is 11.4 Å².